The summed E-state index contributed by atoms with van der Waals surface area (Å²) in [6.45, 7) is 1.74. The third-order valence-electron chi connectivity index (χ3n) is 2.98. The number of nitrogens with one attached hydrogen (secondary N) is 1. The van der Waals surface area contributed by atoms with Crippen molar-refractivity contribution in [1.82, 2.24) is 0 Å². The molecule has 1 saturated heterocycles. The number of cyclic esters (lactones) is 1. The highest BCUT2D eigenvalue weighted by Gasteiger charge is 2.34. The number of hydrogen-bond acceptors (Lipinski definition) is 6. The predicted molar refractivity (Wildman–Crippen MR) is 87.5 cm³/mol. The highest BCUT2D eigenvalue weighted by atomic mass is 35.5. The van der Waals surface area contributed by atoms with Gasteiger partial charge in [0.05, 0.1) is 11.5 Å². The first kappa shape index (κ1) is 17.6. The molecule has 23 heavy (non-hydrogen) atoms. The average molecular weight is 358 g/mol. The molecule has 8 heteroatoms. The van der Waals surface area contributed by atoms with Crippen molar-refractivity contribution in [3.05, 3.63) is 29.3 Å². The zero-order valence-electron chi connectivity index (χ0n) is 12.4. The number of amides is 1. The van der Waals surface area contributed by atoms with E-state index in [1.54, 1.807) is 31.2 Å². The molecule has 1 amide bonds. The van der Waals surface area contributed by atoms with Crippen LogP contribution in [0.15, 0.2) is 24.3 Å². The molecular formula is C15H16ClNO5S. The van der Waals surface area contributed by atoms with Crippen LogP contribution in [-0.4, -0.2) is 41.6 Å². The largest absolute Gasteiger partial charge is 0.460 e. The predicted octanol–water partition coefficient (Wildman–Crippen LogP) is 2.26. The van der Waals surface area contributed by atoms with E-state index in [0.29, 0.717) is 17.1 Å². The highest BCUT2D eigenvalue weighted by molar-refractivity contribution is 8.00. The molecule has 1 heterocycles. The first-order valence-electron chi connectivity index (χ1n) is 6.97. The Hall–Kier alpha value is -1.73. The van der Waals surface area contributed by atoms with Crippen molar-refractivity contribution in [2.75, 3.05) is 16.8 Å². The summed E-state index contributed by atoms with van der Waals surface area (Å²) >= 11 is 6.87. The van der Waals surface area contributed by atoms with E-state index in [0.717, 1.165) is 11.8 Å². The monoisotopic (exact) mass is 357 g/mol. The van der Waals surface area contributed by atoms with Crippen LogP contribution < -0.4 is 5.32 Å². The SMILES string of the molecule is C[C@@H]1C[C@H](OC(=O)CSCC(=O)Nc2ccc(Cl)cc2)C(=O)O1. The van der Waals surface area contributed by atoms with E-state index < -0.39 is 18.0 Å². The Balaban J connectivity index is 1.66. The highest BCUT2D eigenvalue weighted by Crippen LogP contribution is 2.18. The van der Waals surface area contributed by atoms with Crippen molar-refractivity contribution in [3.63, 3.8) is 0 Å². The lowest BCUT2D eigenvalue weighted by Crippen LogP contribution is -2.24. The Morgan fingerprint density at radius 2 is 2.04 bits per heavy atom. The number of carbonyl (C=O) groups is 3. The molecule has 1 aliphatic heterocycles. The van der Waals surface area contributed by atoms with Crippen molar-refractivity contribution in [2.24, 2.45) is 0 Å². The molecule has 0 saturated carbocycles. The second-order valence-corrected chi connectivity index (χ2v) is 6.43. The van der Waals surface area contributed by atoms with Gasteiger partial charge in [-0.15, -0.1) is 11.8 Å². The average Bonchev–Trinajstić information content (AvgIpc) is 2.79. The lowest BCUT2D eigenvalue weighted by molar-refractivity contribution is -0.159. The van der Waals surface area contributed by atoms with Crippen LogP contribution in [0.1, 0.15) is 13.3 Å². The third-order valence-corrected chi connectivity index (χ3v) is 4.14. The zero-order chi connectivity index (χ0) is 16.8. The first-order chi connectivity index (χ1) is 10.9. The van der Waals surface area contributed by atoms with Crippen LogP contribution in [0.3, 0.4) is 0 Å². The molecule has 2 atom stereocenters. The quantitative estimate of drug-likeness (QED) is 0.786. The van der Waals surface area contributed by atoms with E-state index in [1.807, 2.05) is 0 Å². The minimum absolute atomic E-state index is 0.00774. The van der Waals surface area contributed by atoms with Crippen molar-refractivity contribution in [1.29, 1.82) is 0 Å². The van der Waals surface area contributed by atoms with Gasteiger partial charge in [-0.3, -0.25) is 9.59 Å². The summed E-state index contributed by atoms with van der Waals surface area (Å²) in [4.78, 5) is 34.7. The number of anilines is 1. The molecule has 0 unspecified atom stereocenters. The summed E-state index contributed by atoms with van der Waals surface area (Å²) in [6, 6.07) is 6.71. The van der Waals surface area contributed by atoms with Gasteiger partial charge in [-0.1, -0.05) is 11.6 Å². The minimum atomic E-state index is -0.832. The van der Waals surface area contributed by atoms with Crippen LogP contribution in [0, 0.1) is 0 Å². The maximum atomic E-state index is 11.7. The number of halogens is 1. The number of thioether (sulfide) groups is 1. The number of ether oxygens (including phenoxy) is 2. The Kier molecular flexibility index (Phi) is 6.29. The van der Waals surface area contributed by atoms with Crippen molar-refractivity contribution >= 4 is 46.9 Å². The fourth-order valence-electron chi connectivity index (χ4n) is 1.97. The summed E-state index contributed by atoms with van der Waals surface area (Å²) in [7, 11) is 0. The summed E-state index contributed by atoms with van der Waals surface area (Å²) in [5, 5.41) is 3.27. The number of hydrogen-bond donors (Lipinski definition) is 1. The Morgan fingerprint density at radius 1 is 1.35 bits per heavy atom. The Morgan fingerprint density at radius 3 is 2.65 bits per heavy atom. The van der Waals surface area contributed by atoms with Gasteiger partial charge in [0.25, 0.3) is 0 Å². The second-order valence-electron chi connectivity index (χ2n) is 5.01. The molecule has 2 rings (SSSR count). The van der Waals surface area contributed by atoms with E-state index >= 15 is 0 Å². The molecule has 0 bridgehead atoms. The van der Waals surface area contributed by atoms with Crippen LogP contribution in [0.5, 0.6) is 0 Å². The van der Waals surface area contributed by atoms with Gasteiger partial charge >= 0.3 is 11.9 Å². The van der Waals surface area contributed by atoms with E-state index in [2.05, 4.69) is 5.32 Å². The second kappa shape index (κ2) is 8.21. The topological polar surface area (TPSA) is 81.7 Å². The summed E-state index contributed by atoms with van der Waals surface area (Å²) in [5.41, 5.74) is 0.630. The Labute approximate surface area is 142 Å². The van der Waals surface area contributed by atoms with Crippen LogP contribution in [-0.2, 0) is 23.9 Å². The molecule has 1 aromatic carbocycles. The van der Waals surface area contributed by atoms with Crippen LogP contribution in [0.25, 0.3) is 0 Å². The van der Waals surface area contributed by atoms with E-state index in [1.165, 1.54) is 0 Å². The van der Waals surface area contributed by atoms with Gasteiger partial charge in [0.1, 0.15) is 6.10 Å². The zero-order valence-corrected chi connectivity index (χ0v) is 14.0. The molecule has 124 valence electrons. The van der Waals surface area contributed by atoms with Crippen LogP contribution in [0.4, 0.5) is 5.69 Å². The fraction of sp³-hybridized carbons (Fsp3) is 0.400. The van der Waals surface area contributed by atoms with E-state index in [9.17, 15) is 14.4 Å². The van der Waals surface area contributed by atoms with E-state index in [4.69, 9.17) is 21.1 Å². The molecule has 1 fully saturated rings. The molecule has 0 aliphatic carbocycles. The van der Waals surface area contributed by atoms with Crippen molar-refractivity contribution in [3.8, 4) is 0 Å². The first-order valence-corrected chi connectivity index (χ1v) is 8.50. The molecule has 0 aromatic heterocycles. The number of rotatable bonds is 6. The maximum Gasteiger partial charge on any atom is 0.347 e. The van der Waals surface area contributed by atoms with Crippen molar-refractivity contribution < 1.29 is 23.9 Å². The minimum Gasteiger partial charge on any atom is -0.460 e. The summed E-state index contributed by atoms with van der Waals surface area (Å²) in [5.74, 6) is -1.20. The number of carbonyl (C=O) groups excluding carboxylic acids is 3. The Bertz CT molecular complexity index is 592. The maximum absolute atomic E-state index is 11.7. The molecule has 1 aliphatic rings. The molecule has 1 N–H and O–H groups in total. The third kappa shape index (κ3) is 5.76. The molecule has 0 radical (unpaired) electrons. The van der Waals surface area contributed by atoms with Crippen LogP contribution >= 0.6 is 23.4 Å². The standard InChI is InChI=1S/C15H16ClNO5S/c1-9-6-12(15(20)21-9)22-14(19)8-23-7-13(18)17-11-4-2-10(16)3-5-11/h2-5,9,12H,6-8H2,1H3,(H,17,18)/t9-,12+/m1/s1. The van der Waals surface area contributed by atoms with Gasteiger partial charge in [0.15, 0.2) is 0 Å². The van der Waals surface area contributed by atoms with Gasteiger partial charge in [-0.2, -0.15) is 0 Å². The number of esters is 2. The van der Waals surface area contributed by atoms with Gasteiger partial charge in [0.2, 0.25) is 12.0 Å². The van der Waals surface area contributed by atoms with Gasteiger partial charge in [-0.05, 0) is 31.2 Å². The van der Waals surface area contributed by atoms with E-state index in [-0.39, 0.29) is 23.5 Å². The molecule has 6 nitrogen and oxygen atoms in total. The smallest absolute Gasteiger partial charge is 0.347 e. The van der Waals surface area contributed by atoms with Gasteiger partial charge in [-0.25, -0.2) is 4.79 Å². The number of benzene rings is 1. The molecular weight excluding hydrogens is 342 g/mol. The van der Waals surface area contributed by atoms with Gasteiger partial charge in [0, 0.05) is 17.1 Å². The summed E-state index contributed by atoms with van der Waals surface area (Å²) in [6.07, 6.45) is -0.703. The lowest BCUT2D eigenvalue weighted by atomic mass is 10.2. The summed E-state index contributed by atoms with van der Waals surface area (Å²) < 4.78 is 9.92. The van der Waals surface area contributed by atoms with Crippen molar-refractivity contribution in [2.45, 2.75) is 25.6 Å². The molecule has 1 aromatic rings. The van der Waals surface area contributed by atoms with Gasteiger partial charge < -0.3 is 14.8 Å². The normalized spacial score (nSPS) is 20.0. The lowest BCUT2D eigenvalue weighted by Gasteiger charge is -2.08. The molecule has 0 spiro atoms. The van der Waals surface area contributed by atoms with Crippen LogP contribution in [0.2, 0.25) is 5.02 Å². The fourth-order valence-corrected chi connectivity index (χ4v) is 2.69.